The monoisotopic (exact) mass is 447 g/mol. The minimum atomic E-state index is -1.07. The van der Waals surface area contributed by atoms with Gasteiger partial charge in [0, 0.05) is 23.1 Å². The fourth-order valence-corrected chi connectivity index (χ4v) is 3.13. The smallest absolute Gasteiger partial charge is 0.339 e. The molecule has 0 aliphatic rings. The van der Waals surface area contributed by atoms with Gasteiger partial charge in [-0.05, 0) is 42.2 Å². The zero-order valence-corrected chi connectivity index (χ0v) is 18.2. The minimum Gasteiger partial charge on any atom is -0.478 e. The van der Waals surface area contributed by atoms with Gasteiger partial charge in [-0.3, -0.25) is 4.79 Å². The molecule has 0 unspecified atom stereocenters. The van der Waals surface area contributed by atoms with Crippen molar-refractivity contribution in [3.05, 3.63) is 52.1 Å². The highest BCUT2D eigenvalue weighted by Gasteiger charge is 2.21. The number of carbonyl (C=O) groups excluding carboxylic acids is 1. The zero-order valence-electron chi connectivity index (χ0n) is 16.6. The molecule has 1 aromatic carbocycles. The maximum absolute atomic E-state index is 12.4. The molecule has 0 atom stereocenters. The Labute approximate surface area is 174 Å². The first-order valence-corrected chi connectivity index (χ1v) is 10.0. The van der Waals surface area contributed by atoms with Crippen molar-refractivity contribution in [3.63, 3.8) is 0 Å². The van der Waals surface area contributed by atoms with Crippen LogP contribution in [0, 0.1) is 11.8 Å². The molecule has 0 aliphatic heterocycles. The molecule has 1 aromatic heterocycles. The second kappa shape index (κ2) is 9.68. The molecule has 1 heterocycles. The van der Waals surface area contributed by atoms with Crippen molar-refractivity contribution < 1.29 is 14.7 Å². The summed E-state index contributed by atoms with van der Waals surface area (Å²) in [5, 5.41) is 12.4. The molecule has 0 fully saturated rings. The van der Waals surface area contributed by atoms with Gasteiger partial charge in [-0.1, -0.05) is 43.6 Å². The third kappa shape index (κ3) is 6.05. The van der Waals surface area contributed by atoms with Crippen LogP contribution in [0.3, 0.4) is 0 Å². The lowest BCUT2D eigenvalue weighted by molar-refractivity contribution is 0.0696. The normalized spacial score (nSPS) is 11.0. The second-order valence-electron chi connectivity index (χ2n) is 7.55. The van der Waals surface area contributed by atoms with Crippen LogP contribution in [0.4, 0.5) is 11.5 Å². The molecule has 0 saturated carbocycles. The fraction of sp³-hybridized carbons (Fsp3) is 0.381. The van der Waals surface area contributed by atoms with Crippen LogP contribution < -0.4 is 10.2 Å². The van der Waals surface area contributed by atoms with Gasteiger partial charge in [0.15, 0.2) is 0 Å². The van der Waals surface area contributed by atoms with E-state index >= 15 is 0 Å². The summed E-state index contributed by atoms with van der Waals surface area (Å²) in [5.74, 6) is -0.242. The van der Waals surface area contributed by atoms with Crippen LogP contribution in [-0.2, 0) is 0 Å². The molecule has 7 heteroatoms. The van der Waals surface area contributed by atoms with Gasteiger partial charge in [-0.25, -0.2) is 9.78 Å². The van der Waals surface area contributed by atoms with Crippen molar-refractivity contribution in [2.24, 2.45) is 11.8 Å². The van der Waals surface area contributed by atoms with Gasteiger partial charge < -0.3 is 15.3 Å². The molecule has 2 rings (SSSR count). The van der Waals surface area contributed by atoms with E-state index in [0.29, 0.717) is 42.0 Å². The van der Waals surface area contributed by atoms with Gasteiger partial charge in [0.1, 0.15) is 11.4 Å². The molecule has 1 amide bonds. The molecule has 0 radical (unpaired) electrons. The van der Waals surface area contributed by atoms with Gasteiger partial charge in [-0.15, -0.1) is 0 Å². The summed E-state index contributed by atoms with van der Waals surface area (Å²) in [6.07, 6.45) is 1.51. The number of anilines is 2. The summed E-state index contributed by atoms with van der Waals surface area (Å²) in [4.78, 5) is 30.7. The Morgan fingerprint density at radius 3 is 2.18 bits per heavy atom. The number of aromatic carboxylic acids is 1. The molecule has 2 aromatic rings. The third-order valence-electron chi connectivity index (χ3n) is 3.93. The Kier molecular flexibility index (Phi) is 7.57. The van der Waals surface area contributed by atoms with Gasteiger partial charge in [0.2, 0.25) is 0 Å². The first kappa shape index (κ1) is 21.9. The molecule has 28 heavy (non-hydrogen) atoms. The summed E-state index contributed by atoms with van der Waals surface area (Å²) in [6.45, 7) is 9.74. The van der Waals surface area contributed by atoms with Crippen molar-refractivity contribution in [2.45, 2.75) is 27.7 Å². The number of nitrogens with one attached hydrogen (secondary N) is 1. The number of hydrogen-bond donors (Lipinski definition) is 2. The average molecular weight is 448 g/mol. The molecule has 6 nitrogen and oxygen atoms in total. The van der Waals surface area contributed by atoms with Crippen LogP contribution in [0.15, 0.2) is 41.0 Å². The molecular weight excluding hydrogens is 422 g/mol. The minimum absolute atomic E-state index is 0.0786. The molecule has 150 valence electrons. The Balaban J connectivity index is 2.31. The van der Waals surface area contributed by atoms with Crippen LogP contribution in [0.5, 0.6) is 0 Å². The third-order valence-corrected chi connectivity index (χ3v) is 4.46. The largest absolute Gasteiger partial charge is 0.478 e. The van der Waals surface area contributed by atoms with E-state index in [9.17, 15) is 14.7 Å². The van der Waals surface area contributed by atoms with Crippen LogP contribution in [0.2, 0.25) is 0 Å². The Bertz CT molecular complexity index is 825. The van der Waals surface area contributed by atoms with Gasteiger partial charge in [0.05, 0.1) is 11.9 Å². The van der Waals surface area contributed by atoms with E-state index < -0.39 is 5.97 Å². The maximum atomic E-state index is 12.4. The lowest BCUT2D eigenvalue weighted by Crippen LogP contribution is -2.33. The van der Waals surface area contributed by atoms with Gasteiger partial charge >= 0.3 is 5.97 Å². The number of carbonyl (C=O) groups is 2. The van der Waals surface area contributed by atoms with E-state index in [0.717, 1.165) is 4.47 Å². The quantitative estimate of drug-likeness (QED) is 0.600. The molecular formula is C21H26BrN3O3. The van der Waals surface area contributed by atoms with Crippen molar-refractivity contribution in [2.75, 3.05) is 23.3 Å². The fourth-order valence-electron chi connectivity index (χ4n) is 2.87. The highest BCUT2D eigenvalue weighted by Crippen LogP contribution is 2.24. The standard InChI is InChI=1S/C21H26BrN3O3/c1-13(2)11-25(12-14(3)4)19-18(21(27)28)9-17(10-23-19)24-20(26)15-5-7-16(22)8-6-15/h5-10,13-14H,11-12H2,1-4H3,(H,24,26)(H,27,28). The van der Waals surface area contributed by atoms with Crippen LogP contribution in [-0.4, -0.2) is 35.1 Å². The van der Waals surface area contributed by atoms with Crippen molar-refractivity contribution in [3.8, 4) is 0 Å². The highest BCUT2D eigenvalue weighted by atomic mass is 79.9. The van der Waals surface area contributed by atoms with Gasteiger partial charge in [0.25, 0.3) is 5.91 Å². The predicted molar refractivity (Wildman–Crippen MR) is 115 cm³/mol. The lowest BCUT2D eigenvalue weighted by atomic mass is 10.1. The maximum Gasteiger partial charge on any atom is 0.339 e. The van der Waals surface area contributed by atoms with Crippen LogP contribution >= 0.6 is 15.9 Å². The van der Waals surface area contributed by atoms with Crippen molar-refractivity contribution in [1.29, 1.82) is 0 Å². The van der Waals surface area contributed by atoms with Crippen molar-refractivity contribution in [1.82, 2.24) is 4.98 Å². The van der Waals surface area contributed by atoms with E-state index in [4.69, 9.17) is 0 Å². The van der Waals surface area contributed by atoms with Crippen LogP contribution in [0.25, 0.3) is 0 Å². The first-order valence-electron chi connectivity index (χ1n) is 9.22. The average Bonchev–Trinajstić information content (AvgIpc) is 2.60. The Hall–Kier alpha value is -2.41. The van der Waals surface area contributed by atoms with Crippen molar-refractivity contribution >= 4 is 39.3 Å². The summed E-state index contributed by atoms with van der Waals surface area (Å²) in [5.41, 5.74) is 0.906. The number of amides is 1. The molecule has 2 N–H and O–H groups in total. The molecule has 0 aliphatic carbocycles. The summed E-state index contributed by atoms with van der Waals surface area (Å²) in [7, 11) is 0. The second-order valence-corrected chi connectivity index (χ2v) is 8.47. The van der Waals surface area contributed by atoms with E-state index in [1.54, 1.807) is 24.3 Å². The molecule has 0 bridgehead atoms. The number of aromatic nitrogens is 1. The number of hydrogen-bond acceptors (Lipinski definition) is 4. The molecule has 0 spiro atoms. The number of benzene rings is 1. The first-order chi connectivity index (χ1) is 13.2. The van der Waals surface area contributed by atoms with E-state index in [2.05, 4.69) is 53.9 Å². The van der Waals surface area contributed by atoms with E-state index in [-0.39, 0.29) is 11.5 Å². The summed E-state index contributed by atoms with van der Waals surface area (Å²) < 4.78 is 0.874. The van der Waals surface area contributed by atoms with E-state index in [1.165, 1.54) is 12.3 Å². The number of carboxylic acids is 1. The highest BCUT2D eigenvalue weighted by molar-refractivity contribution is 9.10. The SMILES string of the molecule is CC(C)CN(CC(C)C)c1ncc(NC(=O)c2ccc(Br)cc2)cc1C(=O)O. The Morgan fingerprint density at radius 1 is 1.11 bits per heavy atom. The number of rotatable bonds is 8. The number of carboxylic acid groups (broad SMARTS) is 1. The lowest BCUT2D eigenvalue weighted by Gasteiger charge is -2.28. The van der Waals surface area contributed by atoms with Gasteiger partial charge in [-0.2, -0.15) is 0 Å². The van der Waals surface area contributed by atoms with E-state index in [1.807, 2.05) is 4.90 Å². The number of nitrogens with zero attached hydrogens (tertiary/aromatic N) is 2. The number of halogens is 1. The number of pyridine rings is 1. The molecule has 0 saturated heterocycles. The predicted octanol–water partition coefficient (Wildman–Crippen LogP) is 4.91. The summed E-state index contributed by atoms with van der Waals surface area (Å²) in [6, 6.07) is 8.39. The summed E-state index contributed by atoms with van der Waals surface area (Å²) >= 11 is 3.33. The topological polar surface area (TPSA) is 82.5 Å². The Morgan fingerprint density at radius 2 is 1.68 bits per heavy atom. The van der Waals surface area contributed by atoms with Crippen LogP contribution in [0.1, 0.15) is 48.4 Å². The zero-order chi connectivity index (χ0) is 20.8.